The average Bonchev–Trinajstić information content (AvgIpc) is 2.43. The molecule has 0 saturated heterocycles. The zero-order valence-electron chi connectivity index (χ0n) is 12.4. The molecule has 2 aromatic rings. The summed E-state index contributed by atoms with van der Waals surface area (Å²) in [5, 5.41) is 0. The normalized spacial score (nSPS) is 14.1. The summed E-state index contributed by atoms with van der Waals surface area (Å²) in [4.78, 5) is 0. The largest absolute Gasteiger partial charge is 0.318 e. The predicted molar refractivity (Wildman–Crippen MR) is 82.2 cm³/mol. The minimum atomic E-state index is -0.681. The van der Waals surface area contributed by atoms with Gasteiger partial charge in [0.25, 0.3) is 0 Å². The van der Waals surface area contributed by atoms with Crippen LogP contribution in [0.1, 0.15) is 42.5 Å². The molecule has 20 heavy (non-hydrogen) atoms. The molecule has 0 aliphatic rings. The smallest absolute Gasteiger partial charge is 0.126 e. The van der Waals surface area contributed by atoms with Crippen LogP contribution >= 0.6 is 0 Å². The van der Waals surface area contributed by atoms with E-state index in [0.29, 0.717) is 5.56 Å². The van der Waals surface area contributed by atoms with Crippen molar-refractivity contribution < 1.29 is 4.39 Å². The number of hydrogen-bond donors (Lipinski definition) is 1. The molecule has 1 unspecified atom stereocenters. The van der Waals surface area contributed by atoms with Crippen molar-refractivity contribution in [2.24, 2.45) is 5.73 Å². The van der Waals surface area contributed by atoms with E-state index in [9.17, 15) is 4.39 Å². The summed E-state index contributed by atoms with van der Waals surface area (Å²) in [7, 11) is 0. The molecule has 0 heterocycles. The first-order chi connectivity index (χ1) is 9.45. The van der Waals surface area contributed by atoms with E-state index in [0.717, 1.165) is 24.0 Å². The summed E-state index contributed by atoms with van der Waals surface area (Å²) >= 11 is 0. The number of rotatable bonds is 4. The van der Waals surface area contributed by atoms with Gasteiger partial charge in [0.1, 0.15) is 5.82 Å². The van der Waals surface area contributed by atoms with E-state index in [1.54, 1.807) is 13.0 Å². The summed E-state index contributed by atoms with van der Waals surface area (Å²) in [5.74, 6) is -0.207. The zero-order valence-corrected chi connectivity index (χ0v) is 12.4. The third kappa shape index (κ3) is 2.91. The van der Waals surface area contributed by atoms with Crippen LogP contribution in [0.15, 0.2) is 42.5 Å². The van der Waals surface area contributed by atoms with Crippen LogP contribution in [0.5, 0.6) is 0 Å². The van der Waals surface area contributed by atoms with Crippen LogP contribution in [0.3, 0.4) is 0 Å². The highest BCUT2D eigenvalue weighted by atomic mass is 19.1. The summed E-state index contributed by atoms with van der Waals surface area (Å²) in [5.41, 5.74) is 9.50. The molecule has 2 heteroatoms. The van der Waals surface area contributed by atoms with E-state index in [1.165, 1.54) is 11.6 Å². The molecule has 0 fully saturated rings. The Hall–Kier alpha value is -1.67. The predicted octanol–water partition coefficient (Wildman–Crippen LogP) is 4.31. The second-order valence-electron chi connectivity index (χ2n) is 5.61. The van der Waals surface area contributed by atoms with Gasteiger partial charge in [-0.1, -0.05) is 49.7 Å². The highest BCUT2D eigenvalue weighted by molar-refractivity contribution is 5.39. The van der Waals surface area contributed by atoms with E-state index in [4.69, 9.17) is 5.73 Å². The van der Waals surface area contributed by atoms with Crippen LogP contribution in [0, 0.1) is 12.7 Å². The average molecular weight is 271 g/mol. The Labute approximate surface area is 120 Å². The molecule has 0 radical (unpaired) electrons. The minimum Gasteiger partial charge on any atom is -0.318 e. The maximum atomic E-state index is 13.7. The van der Waals surface area contributed by atoms with E-state index >= 15 is 0 Å². The van der Waals surface area contributed by atoms with Crippen molar-refractivity contribution in [3.8, 4) is 0 Å². The highest BCUT2D eigenvalue weighted by Gasteiger charge is 2.24. The number of benzene rings is 2. The third-order valence-corrected chi connectivity index (χ3v) is 3.86. The summed E-state index contributed by atoms with van der Waals surface area (Å²) in [6.45, 7) is 5.84. The Morgan fingerprint density at radius 2 is 1.65 bits per heavy atom. The monoisotopic (exact) mass is 271 g/mol. The van der Waals surface area contributed by atoms with Gasteiger partial charge in [-0.15, -0.1) is 0 Å². The summed E-state index contributed by atoms with van der Waals surface area (Å²) < 4.78 is 13.7. The van der Waals surface area contributed by atoms with Crippen molar-refractivity contribution in [3.63, 3.8) is 0 Å². The van der Waals surface area contributed by atoms with E-state index < -0.39 is 5.54 Å². The van der Waals surface area contributed by atoms with Crippen molar-refractivity contribution in [1.82, 2.24) is 0 Å². The Morgan fingerprint density at radius 1 is 1.05 bits per heavy atom. The van der Waals surface area contributed by atoms with E-state index in [-0.39, 0.29) is 5.82 Å². The highest BCUT2D eigenvalue weighted by Crippen LogP contribution is 2.28. The standard InChI is InChI=1S/C18H22FN/c1-4-5-14-7-10-15(11-8-14)18(3,20)16-9-6-13(2)17(19)12-16/h6-12H,4-5,20H2,1-3H3. The van der Waals surface area contributed by atoms with Gasteiger partial charge in [0.2, 0.25) is 0 Å². The van der Waals surface area contributed by atoms with E-state index in [2.05, 4.69) is 19.1 Å². The quantitative estimate of drug-likeness (QED) is 0.881. The second-order valence-corrected chi connectivity index (χ2v) is 5.61. The molecule has 0 aromatic heterocycles. The van der Waals surface area contributed by atoms with Gasteiger partial charge < -0.3 is 5.73 Å². The molecule has 0 amide bonds. The lowest BCUT2D eigenvalue weighted by Gasteiger charge is -2.26. The molecule has 1 atom stereocenters. The fourth-order valence-electron chi connectivity index (χ4n) is 2.39. The molecule has 0 aliphatic carbocycles. The van der Waals surface area contributed by atoms with Gasteiger partial charge in [0, 0.05) is 0 Å². The Bertz CT molecular complexity index is 585. The molecule has 2 aromatic carbocycles. The molecular formula is C18H22FN. The van der Waals surface area contributed by atoms with Crippen LogP contribution in [-0.4, -0.2) is 0 Å². The molecule has 0 spiro atoms. The van der Waals surface area contributed by atoms with Gasteiger partial charge in [-0.05, 0) is 48.6 Å². The van der Waals surface area contributed by atoms with Gasteiger partial charge in [-0.3, -0.25) is 0 Å². The van der Waals surface area contributed by atoms with Gasteiger partial charge in [0.15, 0.2) is 0 Å². The molecular weight excluding hydrogens is 249 g/mol. The van der Waals surface area contributed by atoms with Gasteiger partial charge in [-0.2, -0.15) is 0 Å². The minimum absolute atomic E-state index is 0.207. The van der Waals surface area contributed by atoms with Crippen molar-refractivity contribution in [2.45, 2.75) is 39.2 Å². The Kier molecular flexibility index (Phi) is 4.24. The topological polar surface area (TPSA) is 26.0 Å². The first-order valence-electron chi connectivity index (χ1n) is 7.10. The fourth-order valence-corrected chi connectivity index (χ4v) is 2.39. The molecule has 0 bridgehead atoms. The van der Waals surface area contributed by atoms with Crippen LogP contribution in [0.25, 0.3) is 0 Å². The summed E-state index contributed by atoms with van der Waals surface area (Å²) in [6.07, 6.45) is 2.20. The van der Waals surface area contributed by atoms with Gasteiger partial charge >= 0.3 is 0 Å². The number of aryl methyl sites for hydroxylation is 2. The molecule has 1 nitrogen and oxygen atoms in total. The molecule has 0 saturated carbocycles. The van der Waals surface area contributed by atoms with E-state index in [1.807, 2.05) is 25.1 Å². The Balaban J connectivity index is 2.35. The van der Waals surface area contributed by atoms with Crippen LogP contribution in [0.2, 0.25) is 0 Å². The maximum absolute atomic E-state index is 13.7. The first kappa shape index (κ1) is 14.7. The van der Waals surface area contributed by atoms with Gasteiger partial charge in [-0.25, -0.2) is 4.39 Å². The number of nitrogens with two attached hydrogens (primary N) is 1. The van der Waals surface area contributed by atoms with Crippen molar-refractivity contribution in [3.05, 3.63) is 70.5 Å². The van der Waals surface area contributed by atoms with Crippen LogP contribution in [-0.2, 0) is 12.0 Å². The van der Waals surface area contributed by atoms with Crippen LogP contribution < -0.4 is 5.73 Å². The molecule has 2 N–H and O–H groups in total. The number of halogens is 1. The lowest BCUT2D eigenvalue weighted by atomic mass is 9.84. The maximum Gasteiger partial charge on any atom is 0.126 e. The van der Waals surface area contributed by atoms with Crippen LogP contribution in [0.4, 0.5) is 4.39 Å². The molecule has 2 rings (SSSR count). The molecule has 106 valence electrons. The van der Waals surface area contributed by atoms with Crippen molar-refractivity contribution in [1.29, 1.82) is 0 Å². The lowest BCUT2D eigenvalue weighted by molar-refractivity contribution is 0.577. The van der Waals surface area contributed by atoms with Crippen molar-refractivity contribution in [2.75, 3.05) is 0 Å². The number of hydrogen-bond acceptors (Lipinski definition) is 1. The first-order valence-corrected chi connectivity index (χ1v) is 7.10. The lowest BCUT2D eigenvalue weighted by Crippen LogP contribution is -2.34. The second kappa shape index (κ2) is 5.76. The fraction of sp³-hybridized carbons (Fsp3) is 0.333. The Morgan fingerprint density at radius 3 is 2.20 bits per heavy atom. The van der Waals surface area contributed by atoms with Crippen molar-refractivity contribution >= 4 is 0 Å². The summed E-state index contributed by atoms with van der Waals surface area (Å²) in [6, 6.07) is 13.5. The van der Waals surface area contributed by atoms with Gasteiger partial charge in [0.05, 0.1) is 5.54 Å². The SMILES string of the molecule is CCCc1ccc(C(C)(N)c2ccc(C)c(F)c2)cc1. The molecule has 0 aliphatic heterocycles. The zero-order chi connectivity index (χ0) is 14.8. The third-order valence-electron chi connectivity index (χ3n) is 3.86.